The Kier molecular flexibility index (Phi) is 1.92. The second kappa shape index (κ2) is 2.94. The molecule has 2 rings (SSSR count). The first-order valence-corrected chi connectivity index (χ1v) is 4.45. The Balaban J connectivity index is 1.98. The number of hydrogen-bond acceptors (Lipinski definition) is 3. The van der Waals surface area contributed by atoms with E-state index in [1.807, 2.05) is 11.8 Å². The lowest BCUT2D eigenvalue weighted by Crippen LogP contribution is -2.37. The van der Waals surface area contributed by atoms with Gasteiger partial charge in [0.25, 0.3) is 0 Å². The normalized spacial score (nSPS) is 35.8. The molecule has 2 heterocycles. The highest BCUT2D eigenvalue weighted by molar-refractivity contribution is 5.70. The molecule has 0 aliphatic carbocycles. The molecular weight excluding hydrogens is 156 g/mol. The minimum absolute atomic E-state index is 0.0677. The summed E-state index contributed by atoms with van der Waals surface area (Å²) in [5.41, 5.74) is 0. The number of hydrogen-bond donors (Lipinski definition) is 1. The van der Waals surface area contributed by atoms with Gasteiger partial charge in [0.05, 0.1) is 6.54 Å². The fourth-order valence-electron chi connectivity index (χ4n) is 1.83. The molecule has 0 aromatic heterocycles. The highest BCUT2D eigenvalue weighted by atomic mass is 16.6. The summed E-state index contributed by atoms with van der Waals surface area (Å²) in [6, 6.07) is 0.363. The Morgan fingerprint density at radius 2 is 2.50 bits per heavy atom. The van der Waals surface area contributed by atoms with Crippen molar-refractivity contribution in [3.63, 3.8) is 0 Å². The fraction of sp³-hybridized carbons (Fsp3) is 0.875. The maximum absolute atomic E-state index is 11.2. The number of cyclic esters (lactones) is 1. The van der Waals surface area contributed by atoms with E-state index in [4.69, 9.17) is 4.74 Å². The summed E-state index contributed by atoms with van der Waals surface area (Å²) in [5.74, 6) is 0. The zero-order valence-corrected chi connectivity index (χ0v) is 7.25. The van der Waals surface area contributed by atoms with Crippen LogP contribution in [0.15, 0.2) is 0 Å². The van der Waals surface area contributed by atoms with Crippen molar-refractivity contribution in [3.05, 3.63) is 0 Å². The van der Waals surface area contributed by atoms with Crippen LogP contribution >= 0.6 is 0 Å². The summed E-state index contributed by atoms with van der Waals surface area (Å²) in [7, 11) is 0. The van der Waals surface area contributed by atoms with Crippen LogP contribution in [0.4, 0.5) is 4.79 Å². The van der Waals surface area contributed by atoms with Crippen molar-refractivity contribution in [1.82, 2.24) is 10.2 Å². The van der Waals surface area contributed by atoms with Gasteiger partial charge in [0, 0.05) is 12.6 Å². The number of amides is 1. The standard InChI is InChI=1S/C8H14N2O2/c1-6-5-10(8(11)12-6)7-2-3-9-4-7/h6-7,9H,2-5H2,1H3/t6-,7+/m1/s1. The second-order valence-electron chi connectivity index (χ2n) is 3.49. The highest BCUT2D eigenvalue weighted by Crippen LogP contribution is 2.17. The van der Waals surface area contributed by atoms with E-state index in [9.17, 15) is 4.79 Å². The van der Waals surface area contributed by atoms with Gasteiger partial charge >= 0.3 is 6.09 Å². The van der Waals surface area contributed by atoms with Crippen molar-refractivity contribution < 1.29 is 9.53 Å². The molecule has 0 spiro atoms. The molecular formula is C8H14N2O2. The van der Waals surface area contributed by atoms with Crippen LogP contribution in [0.3, 0.4) is 0 Å². The number of carbonyl (C=O) groups excluding carboxylic acids is 1. The van der Waals surface area contributed by atoms with Gasteiger partial charge in [-0.1, -0.05) is 0 Å². The third-order valence-corrected chi connectivity index (χ3v) is 2.47. The average molecular weight is 170 g/mol. The first-order chi connectivity index (χ1) is 5.77. The van der Waals surface area contributed by atoms with E-state index in [0.29, 0.717) is 6.04 Å². The Hall–Kier alpha value is -0.770. The topological polar surface area (TPSA) is 41.6 Å². The minimum Gasteiger partial charge on any atom is -0.444 e. The molecule has 0 bridgehead atoms. The molecule has 4 heteroatoms. The maximum Gasteiger partial charge on any atom is 0.410 e. The fourth-order valence-corrected chi connectivity index (χ4v) is 1.83. The molecule has 0 radical (unpaired) electrons. The third-order valence-electron chi connectivity index (χ3n) is 2.47. The predicted octanol–water partition coefficient (Wildman–Crippen LogP) is 0.189. The Labute approximate surface area is 71.9 Å². The predicted molar refractivity (Wildman–Crippen MR) is 43.9 cm³/mol. The first-order valence-electron chi connectivity index (χ1n) is 4.45. The first kappa shape index (κ1) is 7.86. The SMILES string of the molecule is C[C@@H]1CN([C@H]2CCNC2)C(=O)O1. The molecule has 0 unspecified atom stereocenters. The van der Waals surface area contributed by atoms with Crippen LogP contribution in [0, 0.1) is 0 Å². The quantitative estimate of drug-likeness (QED) is 0.610. The zero-order valence-electron chi connectivity index (χ0n) is 7.25. The number of nitrogens with one attached hydrogen (secondary N) is 1. The van der Waals surface area contributed by atoms with Crippen molar-refractivity contribution in [2.75, 3.05) is 19.6 Å². The van der Waals surface area contributed by atoms with E-state index in [0.717, 1.165) is 26.1 Å². The Bertz CT molecular complexity index is 189. The molecule has 0 saturated carbocycles. The van der Waals surface area contributed by atoms with Crippen LogP contribution in [0.5, 0.6) is 0 Å². The second-order valence-corrected chi connectivity index (χ2v) is 3.49. The molecule has 2 aliphatic rings. The molecule has 2 saturated heterocycles. The number of ether oxygens (including phenoxy) is 1. The number of rotatable bonds is 1. The summed E-state index contributed by atoms with van der Waals surface area (Å²) < 4.78 is 5.05. The van der Waals surface area contributed by atoms with Crippen molar-refractivity contribution in [2.24, 2.45) is 0 Å². The van der Waals surface area contributed by atoms with Gasteiger partial charge in [-0.05, 0) is 19.9 Å². The van der Waals surface area contributed by atoms with Gasteiger partial charge in [-0.25, -0.2) is 4.79 Å². The van der Waals surface area contributed by atoms with Gasteiger partial charge in [-0.2, -0.15) is 0 Å². The minimum atomic E-state index is -0.142. The lowest BCUT2D eigenvalue weighted by atomic mass is 10.2. The van der Waals surface area contributed by atoms with Crippen molar-refractivity contribution >= 4 is 6.09 Å². The van der Waals surface area contributed by atoms with E-state index >= 15 is 0 Å². The molecule has 68 valence electrons. The van der Waals surface area contributed by atoms with Crippen LogP contribution in [0.25, 0.3) is 0 Å². The summed E-state index contributed by atoms with van der Waals surface area (Å²) in [4.78, 5) is 13.1. The third kappa shape index (κ3) is 1.27. The molecule has 0 aromatic rings. The van der Waals surface area contributed by atoms with Crippen molar-refractivity contribution in [3.8, 4) is 0 Å². The Morgan fingerprint density at radius 1 is 1.67 bits per heavy atom. The molecule has 2 atom stereocenters. The van der Waals surface area contributed by atoms with Gasteiger partial charge in [0.15, 0.2) is 0 Å². The molecule has 2 fully saturated rings. The van der Waals surface area contributed by atoms with Gasteiger partial charge in [0.2, 0.25) is 0 Å². The van der Waals surface area contributed by atoms with E-state index < -0.39 is 0 Å². The average Bonchev–Trinajstić information content (AvgIpc) is 2.58. The number of nitrogens with zero attached hydrogens (tertiary/aromatic N) is 1. The van der Waals surface area contributed by atoms with Crippen molar-refractivity contribution in [2.45, 2.75) is 25.5 Å². The van der Waals surface area contributed by atoms with Crippen LogP contribution < -0.4 is 5.32 Å². The molecule has 0 aromatic carbocycles. The summed E-state index contributed by atoms with van der Waals surface area (Å²) in [5, 5.41) is 3.24. The van der Waals surface area contributed by atoms with Crippen molar-refractivity contribution in [1.29, 1.82) is 0 Å². The lowest BCUT2D eigenvalue weighted by Gasteiger charge is -2.19. The van der Waals surface area contributed by atoms with Gasteiger partial charge < -0.3 is 15.0 Å². The zero-order chi connectivity index (χ0) is 8.55. The summed E-state index contributed by atoms with van der Waals surface area (Å²) in [6.45, 7) is 4.62. The van der Waals surface area contributed by atoms with Crippen LogP contribution in [0.1, 0.15) is 13.3 Å². The smallest absolute Gasteiger partial charge is 0.410 e. The highest BCUT2D eigenvalue weighted by Gasteiger charge is 2.34. The maximum atomic E-state index is 11.2. The largest absolute Gasteiger partial charge is 0.444 e. The van der Waals surface area contributed by atoms with Gasteiger partial charge in [-0.3, -0.25) is 0 Å². The van der Waals surface area contributed by atoms with Crippen LogP contribution in [-0.4, -0.2) is 42.8 Å². The van der Waals surface area contributed by atoms with E-state index in [-0.39, 0.29) is 12.2 Å². The lowest BCUT2D eigenvalue weighted by molar-refractivity contribution is 0.134. The van der Waals surface area contributed by atoms with Crippen LogP contribution in [0.2, 0.25) is 0 Å². The van der Waals surface area contributed by atoms with E-state index in [1.54, 1.807) is 0 Å². The number of carbonyl (C=O) groups is 1. The molecule has 4 nitrogen and oxygen atoms in total. The summed E-state index contributed by atoms with van der Waals surface area (Å²) in [6.07, 6.45) is 0.983. The molecule has 1 N–H and O–H groups in total. The monoisotopic (exact) mass is 170 g/mol. The summed E-state index contributed by atoms with van der Waals surface area (Å²) >= 11 is 0. The molecule has 12 heavy (non-hydrogen) atoms. The van der Waals surface area contributed by atoms with E-state index in [2.05, 4.69) is 5.32 Å². The van der Waals surface area contributed by atoms with Gasteiger partial charge in [0.1, 0.15) is 6.10 Å². The van der Waals surface area contributed by atoms with E-state index in [1.165, 1.54) is 0 Å². The molecule has 2 aliphatic heterocycles. The Morgan fingerprint density at radius 3 is 3.00 bits per heavy atom. The molecule has 1 amide bonds. The van der Waals surface area contributed by atoms with Gasteiger partial charge in [-0.15, -0.1) is 0 Å². The van der Waals surface area contributed by atoms with Crippen LogP contribution in [-0.2, 0) is 4.74 Å².